The Morgan fingerprint density at radius 3 is 2.44 bits per heavy atom. The number of likely N-dealkylation sites (tertiary alicyclic amines) is 1. The second-order valence-corrected chi connectivity index (χ2v) is 6.09. The van der Waals surface area contributed by atoms with Gasteiger partial charge in [-0.05, 0) is 39.0 Å². The summed E-state index contributed by atoms with van der Waals surface area (Å²) in [6.07, 6.45) is 0.584. The molecule has 1 saturated heterocycles. The molecule has 2 rings (SSSR count). The Kier molecular flexibility index (Phi) is 3.25. The molecule has 1 aliphatic carbocycles. The van der Waals surface area contributed by atoms with Crippen molar-refractivity contribution in [1.29, 1.82) is 0 Å². The van der Waals surface area contributed by atoms with Crippen LogP contribution in [-0.2, 0) is 14.3 Å². The van der Waals surface area contributed by atoms with Crippen molar-refractivity contribution in [3.8, 4) is 0 Å². The molecule has 3 unspecified atom stereocenters. The average molecular weight is 255 g/mol. The van der Waals surface area contributed by atoms with Crippen LogP contribution in [0, 0.1) is 17.8 Å². The molecule has 1 saturated carbocycles. The molecule has 0 radical (unpaired) electrons. The van der Waals surface area contributed by atoms with Gasteiger partial charge in [0.2, 0.25) is 0 Å². The molecule has 0 aromatic carbocycles. The lowest BCUT2D eigenvalue weighted by molar-refractivity contribution is -0.142. The summed E-state index contributed by atoms with van der Waals surface area (Å²) in [6, 6.07) is 0. The van der Waals surface area contributed by atoms with Gasteiger partial charge in [0, 0.05) is 13.1 Å². The molecule has 0 aromatic heterocycles. The fourth-order valence-electron chi connectivity index (χ4n) is 2.72. The van der Waals surface area contributed by atoms with Crippen molar-refractivity contribution >= 4 is 12.1 Å². The van der Waals surface area contributed by atoms with Gasteiger partial charge in [0.05, 0.1) is 13.0 Å². The number of fused-ring (bicyclic) bond motifs is 1. The maximum Gasteiger partial charge on any atom is 0.410 e. The zero-order chi connectivity index (χ0) is 13.5. The zero-order valence-corrected chi connectivity index (χ0v) is 11.4. The number of hydrogen-bond donors (Lipinski definition) is 0. The van der Waals surface area contributed by atoms with Crippen LogP contribution in [0.15, 0.2) is 0 Å². The molecule has 102 valence electrons. The molecule has 3 atom stereocenters. The Bertz CT molecular complexity index is 360. The first kappa shape index (κ1) is 13.2. The van der Waals surface area contributed by atoms with Gasteiger partial charge in [0.25, 0.3) is 0 Å². The fraction of sp³-hybridized carbons (Fsp3) is 0.846. The van der Waals surface area contributed by atoms with E-state index in [9.17, 15) is 9.59 Å². The second-order valence-electron chi connectivity index (χ2n) is 6.09. The van der Waals surface area contributed by atoms with Gasteiger partial charge in [0.1, 0.15) is 5.60 Å². The highest BCUT2D eigenvalue weighted by molar-refractivity contribution is 5.77. The lowest BCUT2D eigenvalue weighted by Gasteiger charge is -2.29. The molecule has 2 aliphatic rings. The molecule has 0 N–H and O–H groups in total. The first-order valence-corrected chi connectivity index (χ1v) is 6.39. The maximum atomic E-state index is 11.9. The molecule has 5 heteroatoms. The summed E-state index contributed by atoms with van der Waals surface area (Å²) in [5, 5.41) is 0. The highest BCUT2D eigenvalue weighted by atomic mass is 16.6. The van der Waals surface area contributed by atoms with E-state index in [1.165, 1.54) is 7.11 Å². The van der Waals surface area contributed by atoms with Crippen molar-refractivity contribution in [3.63, 3.8) is 0 Å². The third kappa shape index (κ3) is 2.60. The number of carbonyl (C=O) groups is 2. The molecule has 18 heavy (non-hydrogen) atoms. The predicted octanol–water partition coefficient (Wildman–Crippen LogP) is 1.66. The molecule has 0 bridgehead atoms. The standard InChI is InChI=1S/C13H21NO4/c1-13(2,3)18-12(16)14-6-5-8-9(7-14)10(8)11(15)17-4/h8-10H,5-7H2,1-4H3. The third-order valence-corrected chi connectivity index (χ3v) is 3.62. The van der Waals surface area contributed by atoms with E-state index >= 15 is 0 Å². The predicted molar refractivity (Wildman–Crippen MR) is 64.9 cm³/mol. The van der Waals surface area contributed by atoms with Crippen LogP contribution in [0.4, 0.5) is 4.79 Å². The monoisotopic (exact) mass is 255 g/mol. The first-order chi connectivity index (χ1) is 8.33. The van der Waals surface area contributed by atoms with E-state index in [2.05, 4.69) is 0 Å². The summed E-state index contributed by atoms with van der Waals surface area (Å²) < 4.78 is 10.1. The Hall–Kier alpha value is -1.26. The second kappa shape index (κ2) is 4.44. The Labute approximate surface area is 107 Å². The minimum Gasteiger partial charge on any atom is -0.469 e. The van der Waals surface area contributed by atoms with Gasteiger partial charge in [-0.1, -0.05) is 0 Å². The van der Waals surface area contributed by atoms with Gasteiger partial charge in [-0.3, -0.25) is 4.79 Å². The molecule has 1 heterocycles. The SMILES string of the molecule is COC(=O)C1C2CCN(C(=O)OC(C)(C)C)CC21. The molecular weight excluding hydrogens is 234 g/mol. The average Bonchev–Trinajstić information content (AvgIpc) is 2.98. The molecule has 0 aromatic rings. The van der Waals surface area contributed by atoms with Crippen LogP contribution in [0.25, 0.3) is 0 Å². The molecule has 5 nitrogen and oxygen atoms in total. The van der Waals surface area contributed by atoms with Crippen molar-refractivity contribution in [2.45, 2.75) is 32.8 Å². The number of ether oxygens (including phenoxy) is 2. The molecule has 1 aliphatic heterocycles. The van der Waals surface area contributed by atoms with E-state index in [4.69, 9.17) is 9.47 Å². The van der Waals surface area contributed by atoms with E-state index in [1.807, 2.05) is 20.8 Å². The van der Waals surface area contributed by atoms with Gasteiger partial charge in [-0.15, -0.1) is 0 Å². The molecule has 2 fully saturated rings. The van der Waals surface area contributed by atoms with Crippen LogP contribution < -0.4 is 0 Å². The van der Waals surface area contributed by atoms with Crippen LogP contribution in [0.5, 0.6) is 0 Å². The first-order valence-electron chi connectivity index (χ1n) is 6.39. The summed E-state index contributed by atoms with van der Waals surface area (Å²) in [4.78, 5) is 25.1. The van der Waals surface area contributed by atoms with Gasteiger partial charge in [-0.25, -0.2) is 4.79 Å². The quantitative estimate of drug-likeness (QED) is 0.669. The van der Waals surface area contributed by atoms with Gasteiger partial charge < -0.3 is 14.4 Å². The number of methoxy groups -OCH3 is 1. The smallest absolute Gasteiger partial charge is 0.410 e. The summed E-state index contributed by atoms with van der Waals surface area (Å²) in [7, 11) is 1.41. The van der Waals surface area contributed by atoms with Crippen molar-refractivity contribution in [2.75, 3.05) is 20.2 Å². The number of amides is 1. The minimum absolute atomic E-state index is 0.0116. The lowest BCUT2D eigenvalue weighted by Crippen LogP contribution is -2.40. The van der Waals surface area contributed by atoms with Crippen LogP contribution in [-0.4, -0.2) is 42.8 Å². The Morgan fingerprint density at radius 1 is 1.22 bits per heavy atom. The summed E-state index contributed by atoms with van der Waals surface area (Å²) in [5.74, 6) is 0.508. The van der Waals surface area contributed by atoms with E-state index in [0.717, 1.165) is 6.42 Å². The summed E-state index contributed by atoms with van der Waals surface area (Å²) >= 11 is 0. The number of rotatable bonds is 1. The van der Waals surface area contributed by atoms with Crippen LogP contribution in [0.3, 0.4) is 0 Å². The van der Waals surface area contributed by atoms with Gasteiger partial charge in [-0.2, -0.15) is 0 Å². The zero-order valence-electron chi connectivity index (χ0n) is 11.4. The van der Waals surface area contributed by atoms with E-state index < -0.39 is 5.60 Å². The normalized spacial score (nSPS) is 30.4. The topological polar surface area (TPSA) is 55.8 Å². The van der Waals surface area contributed by atoms with Crippen molar-refractivity contribution in [2.24, 2.45) is 17.8 Å². The third-order valence-electron chi connectivity index (χ3n) is 3.62. The fourth-order valence-corrected chi connectivity index (χ4v) is 2.72. The highest BCUT2D eigenvalue weighted by Gasteiger charge is 2.58. The summed E-state index contributed by atoms with van der Waals surface area (Å²) in [6.45, 7) is 6.84. The van der Waals surface area contributed by atoms with Gasteiger partial charge >= 0.3 is 12.1 Å². The van der Waals surface area contributed by atoms with E-state index in [0.29, 0.717) is 19.0 Å². The molecule has 1 amide bonds. The highest BCUT2D eigenvalue weighted by Crippen LogP contribution is 2.52. The Morgan fingerprint density at radius 2 is 1.89 bits per heavy atom. The number of piperidine rings is 1. The number of carbonyl (C=O) groups excluding carboxylic acids is 2. The maximum absolute atomic E-state index is 11.9. The largest absolute Gasteiger partial charge is 0.469 e. The number of hydrogen-bond acceptors (Lipinski definition) is 4. The van der Waals surface area contributed by atoms with E-state index in [-0.39, 0.29) is 23.9 Å². The van der Waals surface area contributed by atoms with Crippen LogP contribution in [0.1, 0.15) is 27.2 Å². The van der Waals surface area contributed by atoms with Crippen molar-refractivity contribution in [3.05, 3.63) is 0 Å². The van der Waals surface area contributed by atoms with Crippen molar-refractivity contribution < 1.29 is 19.1 Å². The number of esters is 1. The summed E-state index contributed by atoms with van der Waals surface area (Å²) in [5.41, 5.74) is -0.473. The molecular formula is C13H21NO4. The van der Waals surface area contributed by atoms with Crippen LogP contribution in [0.2, 0.25) is 0 Å². The lowest BCUT2D eigenvalue weighted by atomic mass is 10.1. The van der Waals surface area contributed by atoms with Crippen molar-refractivity contribution in [1.82, 2.24) is 4.90 Å². The van der Waals surface area contributed by atoms with Crippen LogP contribution >= 0.6 is 0 Å². The van der Waals surface area contributed by atoms with E-state index in [1.54, 1.807) is 4.90 Å². The molecule has 0 spiro atoms. The number of nitrogens with zero attached hydrogens (tertiary/aromatic N) is 1. The van der Waals surface area contributed by atoms with Gasteiger partial charge in [0.15, 0.2) is 0 Å². The minimum atomic E-state index is -0.473. The Balaban J connectivity index is 1.89.